The van der Waals surface area contributed by atoms with Gasteiger partial charge in [-0.1, -0.05) is 13.8 Å². The number of halogens is 2. The number of nitrogens with two attached hydrogens (primary N) is 1. The lowest BCUT2D eigenvalue weighted by Gasteiger charge is -2.14. The fourth-order valence-electron chi connectivity index (χ4n) is 2.96. The Morgan fingerprint density at radius 1 is 1.16 bits per heavy atom. The van der Waals surface area contributed by atoms with E-state index in [0.717, 1.165) is 12.1 Å². The van der Waals surface area contributed by atoms with Crippen LogP contribution in [-0.2, 0) is 28.0 Å². The van der Waals surface area contributed by atoms with Gasteiger partial charge in [0.1, 0.15) is 23.2 Å². The number of amides is 1. The molecule has 0 bridgehead atoms. The number of nitrogens with zero attached hydrogens (tertiary/aromatic N) is 3. The first-order valence-corrected chi connectivity index (χ1v) is 10.8. The molecule has 0 atom stereocenters. The second-order valence-corrected chi connectivity index (χ2v) is 8.53. The first-order valence-electron chi connectivity index (χ1n) is 9.38. The smallest absolute Gasteiger partial charge is 0.404 e. The van der Waals surface area contributed by atoms with Gasteiger partial charge in [-0.3, -0.25) is 4.98 Å². The Kier molecular flexibility index (Phi) is 6.72. The van der Waals surface area contributed by atoms with Crippen molar-refractivity contribution < 1.29 is 30.9 Å². The van der Waals surface area contributed by atoms with Gasteiger partial charge in [-0.25, -0.2) is 18.6 Å². The van der Waals surface area contributed by atoms with E-state index in [1.54, 1.807) is 26.0 Å². The Labute approximate surface area is 182 Å². The van der Waals surface area contributed by atoms with Crippen LogP contribution in [0.25, 0.3) is 0 Å². The number of pyridine rings is 1. The van der Waals surface area contributed by atoms with Crippen molar-refractivity contribution in [1.82, 2.24) is 14.5 Å². The fourth-order valence-corrected chi connectivity index (χ4v) is 4.37. The van der Waals surface area contributed by atoms with Gasteiger partial charge in [0, 0.05) is 30.6 Å². The highest BCUT2D eigenvalue weighted by Gasteiger charge is 2.32. The summed E-state index contributed by atoms with van der Waals surface area (Å²) in [5.74, 6) is -2.83. The third-order valence-corrected chi connectivity index (χ3v) is 5.60. The van der Waals surface area contributed by atoms with Crippen LogP contribution in [0.15, 0.2) is 47.8 Å². The monoisotopic (exact) mass is 466 g/mol. The van der Waals surface area contributed by atoms with Crippen molar-refractivity contribution in [3.63, 3.8) is 0 Å². The molecule has 0 saturated carbocycles. The average Bonchev–Trinajstić information content (AvgIpc) is 3.05. The maximum atomic E-state index is 13.6. The summed E-state index contributed by atoms with van der Waals surface area (Å²) in [6.07, 6.45) is 1.98. The second-order valence-electron chi connectivity index (χ2n) is 7.07. The molecule has 0 aliphatic heterocycles. The van der Waals surface area contributed by atoms with Crippen molar-refractivity contribution in [2.75, 3.05) is 0 Å². The zero-order valence-corrected chi connectivity index (χ0v) is 18.0. The minimum absolute atomic E-state index is 0.00906. The molecule has 0 fully saturated rings. The number of benzene rings is 1. The van der Waals surface area contributed by atoms with Gasteiger partial charge in [0.15, 0.2) is 11.6 Å². The standard InChI is InChI=1S/C20H20F2N4O5S/c1-12(2)18-19(32(28,29)31-16-8-14(21)7-15(22)9-16)26(10-13-3-5-24-6-4-13)17(25-18)11-30-20(23)27/h3-9,12H,10-11H2,1-2H3,(H2,23,27). The number of imidazole rings is 1. The van der Waals surface area contributed by atoms with Crippen LogP contribution in [0.3, 0.4) is 0 Å². The lowest BCUT2D eigenvalue weighted by atomic mass is 10.1. The lowest BCUT2D eigenvalue weighted by molar-refractivity contribution is 0.145. The highest BCUT2D eigenvalue weighted by Crippen LogP contribution is 2.29. The van der Waals surface area contributed by atoms with Gasteiger partial charge in [0.2, 0.25) is 0 Å². The van der Waals surface area contributed by atoms with Crippen LogP contribution in [-0.4, -0.2) is 29.0 Å². The van der Waals surface area contributed by atoms with Crippen molar-refractivity contribution in [3.8, 4) is 5.75 Å². The molecule has 2 heterocycles. The quantitative estimate of drug-likeness (QED) is 0.506. The SMILES string of the molecule is CC(C)c1nc(COC(N)=O)n(Cc2ccncc2)c1S(=O)(=O)Oc1cc(F)cc(F)c1. The van der Waals surface area contributed by atoms with Gasteiger partial charge in [-0.2, -0.15) is 8.42 Å². The molecule has 2 aromatic heterocycles. The minimum atomic E-state index is -4.61. The molecule has 1 amide bonds. The number of carbonyl (C=O) groups is 1. The average molecular weight is 466 g/mol. The van der Waals surface area contributed by atoms with Crippen LogP contribution in [0, 0.1) is 11.6 Å². The number of hydrogen-bond acceptors (Lipinski definition) is 7. The predicted octanol–water partition coefficient (Wildman–Crippen LogP) is 3.09. The van der Waals surface area contributed by atoms with Crippen molar-refractivity contribution in [2.24, 2.45) is 5.73 Å². The molecule has 0 radical (unpaired) electrons. The molecule has 3 aromatic rings. The molecular weight excluding hydrogens is 446 g/mol. The molecule has 0 aliphatic carbocycles. The molecular formula is C20H20F2N4O5S. The molecule has 12 heteroatoms. The number of primary amides is 1. The summed E-state index contributed by atoms with van der Waals surface area (Å²) in [6.45, 7) is 3.02. The van der Waals surface area contributed by atoms with E-state index in [1.165, 1.54) is 17.0 Å². The Morgan fingerprint density at radius 3 is 2.34 bits per heavy atom. The number of aromatic nitrogens is 3. The molecule has 9 nitrogen and oxygen atoms in total. The Bertz CT molecular complexity index is 1210. The first-order chi connectivity index (χ1) is 15.1. The van der Waals surface area contributed by atoms with Crippen molar-refractivity contribution in [2.45, 2.75) is 37.9 Å². The van der Waals surface area contributed by atoms with Crippen molar-refractivity contribution in [1.29, 1.82) is 0 Å². The van der Waals surface area contributed by atoms with E-state index in [1.807, 2.05) is 0 Å². The number of carbonyl (C=O) groups excluding carboxylic acids is 1. The fraction of sp³-hybridized carbons (Fsp3) is 0.250. The van der Waals surface area contributed by atoms with Crippen LogP contribution in [0.1, 0.15) is 36.8 Å². The van der Waals surface area contributed by atoms with Crippen molar-refractivity contribution >= 4 is 16.2 Å². The predicted molar refractivity (Wildman–Crippen MR) is 108 cm³/mol. The van der Waals surface area contributed by atoms with E-state index >= 15 is 0 Å². The number of ether oxygens (including phenoxy) is 1. The summed E-state index contributed by atoms with van der Waals surface area (Å²) < 4.78 is 64.8. The van der Waals surface area contributed by atoms with Gasteiger partial charge in [0.25, 0.3) is 0 Å². The van der Waals surface area contributed by atoms with E-state index in [9.17, 15) is 22.0 Å². The Balaban J connectivity index is 2.15. The zero-order valence-electron chi connectivity index (χ0n) is 17.2. The van der Waals surface area contributed by atoms with E-state index in [4.69, 9.17) is 14.7 Å². The van der Waals surface area contributed by atoms with E-state index in [0.29, 0.717) is 11.6 Å². The molecule has 1 aromatic carbocycles. The van der Waals surface area contributed by atoms with Crippen LogP contribution < -0.4 is 9.92 Å². The van der Waals surface area contributed by atoms with E-state index in [2.05, 4.69) is 9.97 Å². The normalized spacial score (nSPS) is 11.5. The van der Waals surface area contributed by atoms with Gasteiger partial charge in [-0.05, 0) is 23.6 Å². The minimum Gasteiger partial charge on any atom is -0.442 e. The van der Waals surface area contributed by atoms with Crippen LogP contribution in [0.4, 0.5) is 13.6 Å². The topological polar surface area (TPSA) is 126 Å². The third kappa shape index (κ3) is 5.38. The summed E-state index contributed by atoms with van der Waals surface area (Å²) >= 11 is 0. The van der Waals surface area contributed by atoms with Crippen LogP contribution in [0.2, 0.25) is 0 Å². The second kappa shape index (κ2) is 9.30. The molecule has 3 rings (SSSR count). The molecule has 0 spiro atoms. The largest absolute Gasteiger partial charge is 0.442 e. The van der Waals surface area contributed by atoms with E-state index < -0.39 is 46.1 Å². The van der Waals surface area contributed by atoms with Gasteiger partial charge in [0.05, 0.1) is 12.2 Å². The van der Waals surface area contributed by atoms with Gasteiger partial charge < -0.3 is 19.2 Å². The maximum Gasteiger partial charge on any atom is 0.404 e. The molecule has 0 aliphatic rings. The summed E-state index contributed by atoms with van der Waals surface area (Å²) in [7, 11) is -4.61. The zero-order chi connectivity index (χ0) is 23.5. The highest BCUT2D eigenvalue weighted by atomic mass is 32.2. The Hall–Kier alpha value is -3.54. The van der Waals surface area contributed by atoms with Gasteiger partial charge in [-0.15, -0.1) is 0 Å². The van der Waals surface area contributed by atoms with E-state index in [-0.39, 0.29) is 23.1 Å². The van der Waals surface area contributed by atoms with Crippen LogP contribution >= 0.6 is 0 Å². The summed E-state index contributed by atoms with van der Waals surface area (Å²) in [5.41, 5.74) is 5.84. The summed E-state index contributed by atoms with van der Waals surface area (Å²) in [4.78, 5) is 19.4. The molecule has 2 N–H and O–H groups in total. The van der Waals surface area contributed by atoms with Crippen LogP contribution in [0.5, 0.6) is 5.75 Å². The molecule has 170 valence electrons. The molecule has 32 heavy (non-hydrogen) atoms. The lowest BCUT2D eigenvalue weighted by Crippen LogP contribution is -2.20. The van der Waals surface area contributed by atoms with Crippen molar-refractivity contribution in [3.05, 3.63) is 71.4 Å². The first kappa shape index (κ1) is 23.1. The molecule has 0 unspecified atom stereocenters. The number of hydrogen-bond donors (Lipinski definition) is 1. The summed E-state index contributed by atoms with van der Waals surface area (Å²) in [5, 5.41) is -0.336. The molecule has 0 saturated heterocycles. The Morgan fingerprint density at radius 2 is 1.78 bits per heavy atom. The van der Waals surface area contributed by atoms with Gasteiger partial charge >= 0.3 is 16.2 Å². The third-order valence-electron chi connectivity index (χ3n) is 4.28. The highest BCUT2D eigenvalue weighted by molar-refractivity contribution is 7.87. The number of rotatable bonds is 8. The maximum absolute atomic E-state index is 13.6. The summed E-state index contributed by atoms with van der Waals surface area (Å²) in [6, 6.07) is 5.40.